The molecule has 0 unspecified atom stereocenters. The van der Waals surface area contributed by atoms with Gasteiger partial charge in [-0.25, -0.2) is 4.79 Å². The van der Waals surface area contributed by atoms with E-state index in [0.29, 0.717) is 32.5 Å². The number of piperidine rings is 1. The van der Waals surface area contributed by atoms with Crippen LogP contribution in [0.5, 0.6) is 5.75 Å². The van der Waals surface area contributed by atoms with E-state index >= 15 is 0 Å². The van der Waals surface area contributed by atoms with Gasteiger partial charge in [-0.05, 0) is 43.4 Å². The van der Waals surface area contributed by atoms with Crippen molar-refractivity contribution in [2.45, 2.75) is 31.2 Å². The summed E-state index contributed by atoms with van der Waals surface area (Å²) in [7, 11) is 3.30. The second-order valence-electron chi connectivity index (χ2n) is 9.33. The van der Waals surface area contributed by atoms with Crippen LogP contribution in [0, 0.1) is 0 Å². The monoisotopic (exact) mass is 492 g/mol. The molecule has 8 heteroatoms. The fourth-order valence-corrected chi connectivity index (χ4v) is 5.18. The number of aromatic nitrogens is 1. The fourth-order valence-electron chi connectivity index (χ4n) is 5.18. The number of hydrogen-bond acceptors (Lipinski definition) is 6. The molecule has 0 radical (unpaired) electrons. The third-order valence-electron chi connectivity index (χ3n) is 7.19. The predicted octanol–water partition coefficient (Wildman–Crippen LogP) is 3.48. The average molecular weight is 493 g/mol. The molecular weight excluding hydrogens is 456 g/mol. The molecule has 2 aliphatic rings. The minimum absolute atomic E-state index is 0.0565. The SMILES string of the molecule is COCCN1C(=O)N(CCCc2cccnc2)C(=O)C12CCN(C/C=C/c1ccccc1OC)CC2. The van der Waals surface area contributed by atoms with Crippen LogP contribution in [0.25, 0.3) is 6.08 Å². The molecule has 2 aromatic rings. The molecule has 0 atom stereocenters. The summed E-state index contributed by atoms with van der Waals surface area (Å²) in [5, 5.41) is 0. The third kappa shape index (κ3) is 5.60. The lowest BCUT2D eigenvalue weighted by Gasteiger charge is -2.42. The maximum atomic E-state index is 13.6. The van der Waals surface area contributed by atoms with Gasteiger partial charge in [0.2, 0.25) is 0 Å². The van der Waals surface area contributed by atoms with Gasteiger partial charge in [0.1, 0.15) is 11.3 Å². The number of aryl methyl sites for hydroxylation is 1. The Morgan fingerprint density at radius 1 is 1.06 bits per heavy atom. The number of urea groups is 1. The Morgan fingerprint density at radius 3 is 2.58 bits per heavy atom. The van der Waals surface area contributed by atoms with Crippen molar-refractivity contribution in [3.8, 4) is 5.75 Å². The number of methoxy groups -OCH3 is 2. The van der Waals surface area contributed by atoms with Crippen LogP contribution in [0.4, 0.5) is 4.79 Å². The first-order valence-corrected chi connectivity index (χ1v) is 12.6. The van der Waals surface area contributed by atoms with E-state index in [9.17, 15) is 9.59 Å². The summed E-state index contributed by atoms with van der Waals surface area (Å²) in [5.41, 5.74) is 1.38. The van der Waals surface area contributed by atoms with Crippen molar-refractivity contribution in [1.29, 1.82) is 0 Å². The van der Waals surface area contributed by atoms with Crippen LogP contribution in [-0.4, -0.2) is 90.7 Å². The lowest BCUT2D eigenvalue weighted by atomic mass is 9.85. The van der Waals surface area contributed by atoms with Crippen molar-refractivity contribution >= 4 is 18.0 Å². The highest BCUT2D eigenvalue weighted by Gasteiger charge is 2.57. The van der Waals surface area contributed by atoms with E-state index in [0.717, 1.165) is 49.4 Å². The number of carbonyl (C=O) groups excluding carboxylic acids is 2. The maximum absolute atomic E-state index is 13.6. The lowest BCUT2D eigenvalue weighted by Crippen LogP contribution is -2.57. The molecule has 2 saturated heterocycles. The molecule has 1 spiro atoms. The highest BCUT2D eigenvalue weighted by atomic mass is 16.5. The molecule has 1 aromatic heterocycles. The second kappa shape index (κ2) is 12.1. The Hall–Kier alpha value is -3.23. The van der Waals surface area contributed by atoms with E-state index in [-0.39, 0.29) is 11.9 Å². The van der Waals surface area contributed by atoms with E-state index in [2.05, 4.69) is 22.0 Å². The van der Waals surface area contributed by atoms with Crippen LogP contribution in [-0.2, 0) is 16.0 Å². The number of imide groups is 1. The summed E-state index contributed by atoms with van der Waals surface area (Å²) in [6.07, 6.45) is 10.5. The first-order valence-electron chi connectivity index (χ1n) is 12.6. The van der Waals surface area contributed by atoms with Crippen LogP contribution in [0.3, 0.4) is 0 Å². The molecule has 36 heavy (non-hydrogen) atoms. The van der Waals surface area contributed by atoms with Crippen LogP contribution >= 0.6 is 0 Å². The number of nitrogens with zero attached hydrogens (tertiary/aromatic N) is 4. The predicted molar refractivity (Wildman–Crippen MR) is 139 cm³/mol. The summed E-state index contributed by atoms with van der Waals surface area (Å²) in [4.78, 5) is 36.7. The zero-order valence-electron chi connectivity index (χ0n) is 21.3. The topological polar surface area (TPSA) is 75.2 Å². The first kappa shape index (κ1) is 25.9. The van der Waals surface area contributed by atoms with Crippen molar-refractivity contribution < 1.29 is 19.1 Å². The number of carbonyl (C=O) groups is 2. The number of para-hydroxylation sites is 1. The minimum Gasteiger partial charge on any atom is -0.496 e. The third-order valence-corrected chi connectivity index (χ3v) is 7.19. The molecule has 1 aromatic carbocycles. The van der Waals surface area contributed by atoms with Crippen molar-refractivity contribution in [1.82, 2.24) is 19.7 Å². The molecule has 2 aliphatic heterocycles. The quantitative estimate of drug-likeness (QED) is 0.447. The van der Waals surface area contributed by atoms with E-state index in [1.807, 2.05) is 42.6 Å². The van der Waals surface area contributed by atoms with Crippen molar-refractivity contribution in [3.63, 3.8) is 0 Å². The molecule has 0 aliphatic carbocycles. The van der Waals surface area contributed by atoms with Gasteiger partial charge < -0.3 is 14.4 Å². The number of ether oxygens (including phenoxy) is 2. The molecule has 3 heterocycles. The highest BCUT2D eigenvalue weighted by molar-refractivity contribution is 6.07. The van der Waals surface area contributed by atoms with Gasteiger partial charge >= 0.3 is 6.03 Å². The zero-order valence-corrected chi connectivity index (χ0v) is 21.3. The smallest absolute Gasteiger partial charge is 0.327 e. The molecule has 8 nitrogen and oxygen atoms in total. The van der Waals surface area contributed by atoms with Gasteiger partial charge in [0.25, 0.3) is 5.91 Å². The van der Waals surface area contributed by atoms with Gasteiger partial charge in [-0.2, -0.15) is 0 Å². The number of pyridine rings is 1. The van der Waals surface area contributed by atoms with Crippen LogP contribution in [0.1, 0.15) is 30.4 Å². The minimum atomic E-state index is -0.771. The normalized spacial score (nSPS) is 18.1. The van der Waals surface area contributed by atoms with E-state index in [4.69, 9.17) is 9.47 Å². The Labute approximate surface area is 213 Å². The summed E-state index contributed by atoms with van der Waals surface area (Å²) in [5.74, 6) is 0.790. The van der Waals surface area contributed by atoms with Gasteiger partial charge in [0, 0.05) is 57.8 Å². The van der Waals surface area contributed by atoms with Gasteiger partial charge in [-0.3, -0.25) is 19.6 Å². The molecule has 0 N–H and O–H groups in total. The largest absolute Gasteiger partial charge is 0.496 e. The maximum Gasteiger partial charge on any atom is 0.327 e. The van der Waals surface area contributed by atoms with E-state index in [1.54, 1.807) is 25.3 Å². The molecule has 192 valence electrons. The number of amides is 3. The van der Waals surface area contributed by atoms with Gasteiger partial charge in [0.15, 0.2) is 0 Å². The number of rotatable bonds is 11. The van der Waals surface area contributed by atoms with E-state index < -0.39 is 5.54 Å². The zero-order chi connectivity index (χ0) is 25.4. The van der Waals surface area contributed by atoms with Gasteiger partial charge in [0.05, 0.1) is 13.7 Å². The number of benzene rings is 1. The first-order chi connectivity index (χ1) is 17.6. The van der Waals surface area contributed by atoms with Crippen LogP contribution in [0.2, 0.25) is 0 Å². The second-order valence-corrected chi connectivity index (χ2v) is 9.33. The molecule has 3 amide bonds. The van der Waals surface area contributed by atoms with Crippen molar-refractivity contribution in [2.24, 2.45) is 0 Å². The Balaban J connectivity index is 1.38. The summed E-state index contributed by atoms with van der Waals surface area (Å²) in [6.45, 7) is 3.54. The molecule has 2 fully saturated rings. The fraction of sp³-hybridized carbons (Fsp3) is 0.464. The lowest BCUT2D eigenvalue weighted by molar-refractivity contribution is -0.135. The van der Waals surface area contributed by atoms with Crippen molar-refractivity contribution in [3.05, 3.63) is 66.0 Å². The summed E-state index contributed by atoms with van der Waals surface area (Å²) < 4.78 is 10.7. The Kier molecular flexibility index (Phi) is 8.72. The highest BCUT2D eigenvalue weighted by Crippen LogP contribution is 2.37. The molecule has 0 bridgehead atoms. The standard InChI is InChI=1S/C28H36N4O4/c1-35-21-20-32-27(34)31(17-6-9-23-8-5-15-29-22-23)26(33)28(32)13-18-30(19-14-28)16-7-11-24-10-3-4-12-25(24)36-2/h3-5,7-8,10-12,15,22H,6,9,13-14,16-21H2,1-2H3/b11-7+. The number of likely N-dealkylation sites (tertiary alicyclic amines) is 1. The summed E-state index contributed by atoms with van der Waals surface area (Å²) in [6, 6.07) is 11.7. The Bertz CT molecular complexity index is 1050. The summed E-state index contributed by atoms with van der Waals surface area (Å²) >= 11 is 0. The van der Waals surface area contributed by atoms with Crippen LogP contribution < -0.4 is 4.74 Å². The number of hydrogen-bond donors (Lipinski definition) is 0. The van der Waals surface area contributed by atoms with Gasteiger partial charge in [-0.15, -0.1) is 0 Å². The molecular formula is C28H36N4O4. The Morgan fingerprint density at radius 2 is 1.86 bits per heavy atom. The molecule has 4 rings (SSSR count). The van der Waals surface area contributed by atoms with Gasteiger partial charge in [-0.1, -0.05) is 36.4 Å². The average Bonchev–Trinajstić information content (AvgIpc) is 3.10. The van der Waals surface area contributed by atoms with E-state index in [1.165, 1.54) is 4.90 Å². The van der Waals surface area contributed by atoms with Crippen LogP contribution in [0.15, 0.2) is 54.9 Å². The molecule has 0 saturated carbocycles. The van der Waals surface area contributed by atoms with Crippen molar-refractivity contribution in [2.75, 3.05) is 53.6 Å².